The Bertz CT molecular complexity index is 1260. The summed E-state index contributed by atoms with van der Waals surface area (Å²) in [6.07, 6.45) is 2.43. The smallest absolute Gasteiger partial charge is 0.251 e. The zero-order chi connectivity index (χ0) is 22.5. The maximum Gasteiger partial charge on any atom is 0.251 e. The minimum atomic E-state index is -0.132. The van der Waals surface area contributed by atoms with E-state index in [1.165, 1.54) is 0 Å². The van der Waals surface area contributed by atoms with Crippen molar-refractivity contribution in [3.8, 4) is 17.0 Å². The van der Waals surface area contributed by atoms with E-state index in [-0.39, 0.29) is 5.91 Å². The first-order chi connectivity index (χ1) is 15.6. The normalized spacial score (nSPS) is 10.8. The van der Waals surface area contributed by atoms with Gasteiger partial charge in [-0.05, 0) is 46.6 Å². The molecule has 0 radical (unpaired) electrons. The number of rotatable bonds is 8. The van der Waals surface area contributed by atoms with Crippen LogP contribution in [0.3, 0.4) is 0 Å². The number of carbonyl (C=O) groups is 1. The summed E-state index contributed by atoms with van der Waals surface area (Å²) in [6, 6.07) is 16.6. The van der Waals surface area contributed by atoms with Crippen LogP contribution in [-0.2, 0) is 0 Å². The third-order valence-corrected chi connectivity index (χ3v) is 5.74. The second-order valence-corrected chi connectivity index (χ2v) is 8.26. The molecule has 1 amide bonds. The number of amides is 1. The van der Waals surface area contributed by atoms with E-state index in [4.69, 9.17) is 21.3 Å². The minimum absolute atomic E-state index is 0.132. The van der Waals surface area contributed by atoms with Crippen molar-refractivity contribution in [1.82, 2.24) is 19.9 Å². The van der Waals surface area contributed by atoms with Crippen LogP contribution < -0.4 is 15.4 Å². The molecule has 0 saturated carbocycles. The first-order valence-corrected chi connectivity index (χ1v) is 11.2. The Morgan fingerprint density at radius 2 is 2.00 bits per heavy atom. The molecular formula is C23H21BrClN5O2. The summed E-state index contributed by atoms with van der Waals surface area (Å²) in [6.45, 7) is 1.16. The number of anilines is 1. The molecule has 0 atom stereocenters. The Kier molecular flexibility index (Phi) is 6.92. The summed E-state index contributed by atoms with van der Waals surface area (Å²) in [5.74, 6) is 1.31. The maximum atomic E-state index is 12.3. The third kappa shape index (κ3) is 4.87. The molecule has 0 aliphatic rings. The zero-order valence-electron chi connectivity index (χ0n) is 17.3. The molecule has 2 N–H and O–H groups in total. The van der Waals surface area contributed by atoms with Crippen LogP contribution in [0.2, 0.25) is 5.02 Å². The second-order valence-electron chi connectivity index (χ2n) is 7.00. The van der Waals surface area contributed by atoms with Gasteiger partial charge in [0, 0.05) is 35.3 Å². The number of benzene rings is 2. The van der Waals surface area contributed by atoms with Gasteiger partial charge in [-0.25, -0.2) is 4.98 Å². The average molecular weight is 515 g/mol. The molecular weight excluding hydrogens is 494 g/mol. The Balaban J connectivity index is 1.42. The van der Waals surface area contributed by atoms with E-state index in [0.29, 0.717) is 35.1 Å². The van der Waals surface area contributed by atoms with Crippen LogP contribution in [0, 0.1) is 0 Å². The summed E-state index contributed by atoms with van der Waals surface area (Å²) in [5.41, 5.74) is 2.85. The van der Waals surface area contributed by atoms with Crippen molar-refractivity contribution in [2.24, 2.45) is 0 Å². The molecule has 4 aromatic rings. The molecule has 0 aliphatic heterocycles. The van der Waals surface area contributed by atoms with Gasteiger partial charge >= 0.3 is 0 Å². The lowest BCUT2D eigenvalue weighted by molar-refractivity contribution is 0.0953. The van der Waals surface area contributed by atoms with Crippen LogP contribution in [0.25, 0.3) is 16.9 Å². The molecule has 0 fully saturated rings. The van der Waals surface area contributed by atoms with Crippen LogP contribution >= 0.6 is 27.5 Å². The molecule has 0 unspecified atom stereocenters. The Hall–Kier alpha value is -3.10. The van der Waals surface area contributed by atoms with Gasteiger partial charge in [0.15, 0.2) is 5.65 Å². The van der Waals surface area contributed by atoms with Crippen molar-refractivity contribution in [3.63, 3.8) is 0 Å². The van der Waals surface area contributed by atoms with Gasteiger partial charge < -0.3 is 15.4 Å². The van der Waals surface area contributed by atoms with Crippen molar-refractivity contribution in [3.05, 3.63) is 75.9 Å². The first kappa shape index (κ1) is 22.1. The van der Waals surface area contributed by atoms with E-state index in [1.54, 1.807) is 42.1 Å². The number of methoxy groups -OCH3 is 1. The molecule has 2 heterocycles. The van der Waals surface area contributed by atoms with Gasteiger partial charge in [0.25, 0.3) is 5.91 Å². The number of hydrogen-bond donors (Lipinski definition) is 2. The van der Waals surface area contributed by atoms with E-state index in [9.17, 15) is 4.79 Å². The highest BCUT2D eigenvalue weighted by molar-refractivity contribution is 9.10. The molecule has 164 valence electrons. The van der Waals surface area contributed by atoms with Crippen molar-refractivity contribution in [1.29, 1.82) is 0 Å². The number of hydrogen-bond acceptors (Lipinski definition) is 5. The molecule has 7 nitrogen and oxygen atoms in total. The highest BCUT2D eigenvalue weighted by Crippen LogP contribution is 2.30. The van der Waals surface area contributed by atoms with Gasteiger partial charge in [0.2, 0.25) is 0 Å². The number of nitrogens with one attached hydrogen (secondary N) is 2. The van der Waals surface area contributed by atoms with E-state index >= 15 is 0 Å². The Morgan fingerprint density at radius 1 is 1.16 bits per heavy atom. The van der Waals surface area contributed by atoms with Gasteiger partial charge in [-0.2, -0.15) is 9.61 Å². The standard InChI is InChI=1S/C23H21BrClN5O2/c1-32-16-7-4-6-15(12-16)23(31)27-11-5-10-26-21-13-20(17-8-2-3-9-19(17)25)29-22-18(24)14-28-30(21)22/h2-4,6-9,12-14,26H,5,10-11H2,1H3,(H,27,31). The third-order valence-electron chi connectivity index (χ3n) is 4.86. The van der Waals surface area contributed by atoms with Crippen LogP contribution in [0.5, 0.6) is 5.75 Å². The number of aromatic nitrogens is 3. The van der Waals surface area contributed by atoms with Gasteiger partial charge in [0.1, 0.15) is 11.6 Å². The lowest BCUT2D eigenvalue weighted by Gasteiger charge is -2.12. The predicted molar refractivity (Wildman–Crippen MR) is 130 cm³/mol. The maximum absolute atomic E-state index is 12.3. The Labute approximate surface area is 198 Å². The fourth-order valence-electron chi connectivity index (χ4n) is 3.24. The van der Waals surface area contributed by atoms with Gasteiger partial charge in [0.05, 0.1) is 23.5 Å². The molecule has 0 aliphatic carbocycles. The van der Waals surface area contributed by atoms with Gasteiger partial charge in [-0.15, -0.1) is 0 Å². The highest BCUT2D eigenvalue weighted by Gasteiger charge is 2.13. The number of fused-ring (bicyclic) bond motifs is 1. The Morgan fingerprint density at radius 3 is 2.81 bits per heavy atom. The number of ether oxygens (including phenoxy) is 1. The molecule has 0 spiro atoms. The molecule has 2 aromatic carbocycles. The fraction of sp³-hybridized carbons (Fsp3) is 0.174. The van der Waals surface area contributed by atoms with Crippen molar-refractivity contribution in [2.45, 2.75) is 6.42 Å². The van der Waals surface area contributed by atoms with E-state index in [1.807, 2.05) is 30.3 Å². The van der Waals surface area contributed by atoms with E-state index < -0.39 is 0 Å². The van der Waals surface area contributed by atoms with Crippen LogP contribution in [0.1, 0.15) is 16.8 Å². The quantitative estimate of drug-likeness (QED) is 0.322. The van der Waals surface area contributed by atoms with E-state index in [2.05, 4.69) is 31.7 Å². The minimum Gasteiger partial charge on any atom is -0.497 e. The van der Waals surface area contributed by atoms with Gasteiger partial charge in [-0.1, -0.05) is 35.9 Å². The van der Waals surface area contributed by atoms with Crippen molar-refractivity contribution >= 4 is 44.9 Å². The summed E-state index contributed by atoms with van der Waals surface area (Å²) in [7, 11) is 1.58. The lowest BCUT2D eigenvalue weighted by Crippen LogP contribution is -2.26. The molecule has 4 rings (SSSR count). The molecule has 32 heavy (non-hydrogen) atoms. The SMILES string of the molecule is COc1cccc(C(=O)NCCCNc2cc(-c3ccccc3Cl)nc3c(Br)cnn23)c1. The largest absolute Gasteiger partial charge is 0.497 e. The predicted octanol–water partition coefficient (Wildman–Crippen LogP) is 5.05. The van der Waals surface area contributed by atoms with Crippen molar-refractivity contribution < 1.29 is 9.53 Å². The summed E-state index contributed by atoms with van der Waals surface area (Å²) >= 11 is 9.88. The average Bonchev–Trinajstić information content (AvgIpc) is 3.19. The monoisotopic (exact) mass is 513 g/mol. The van der Waals surface area contributed by atoms with E-state index in [0.717, 1.165) is 28.0 Å². The summed E-state index contributed by atoms with van der Waals surface area (Å²) in [4.78, 5) is 17.0. The second kappa shape index (κ2) is 10.0. The first-order valence-electron chi connectivity index (χ1n) is 10.0. The van der Waals surface area contributed by atoms with Crippen LogP contribution in [0.15, 0.2) is 65.3 Å². The lowest BCUT2D eigenvalue weighted by atomic mass is 10.1. The van der Waals surface area contributed by atoms with Crippen LogP contribution in [0.4, 0.5) is 5.82 Å². The van der Waals surface area contributed by atoms with Gasteiger partial charge in [-0.3, -0.25) is 4.79 Å². The number of halogens is 2. The number of nitrogens with zero attached hydrogens (tertiary/aromatic N) is 3. The highest BCUT2D eigenvalue weighted by atomic mass is 79.9. The molecule has 0 saturated heterocycles. The molecule has 9 heteroatoms. The molecule has 2 aromatic heterocycles. The van der Waals surface area contributed by atoms with Crippen LogP contribution in [-0.4, -0.2) is 40.7 Å². The topological polar surface area (TPSA) is 80.5 Å². The zero-order valence-corrected chi connectivity index (χ0v) is 19.7. The molecule has 0 bridgehead atoms. The summed E-state index contributed by atoms with van der Waals surface area (Å²) in [5, 5.41) is 11.3. The summed E-state index contributed by atoms with van der Waals surface area (Å²) < 4.78 is 7.69. The number of carbonyl (C=O) groups excluding carboxylic acids is 1. The van der Waals surface area contributed by atoms with Crippen molar-refractivity contribution in [2.75, 3.05) is 25.5 Å². The fourth-order valence-corrected chi connectivity index (χ4v) is 3.82.